The third-order valence-corrected chi connectivity index (χ3v) is 4.65. The number of carbonyl (C=O) groups excluding carboxylic acids is 3. The molecule has 0 aliphatic heterocycles. The number of urea groups is 1. The molecule has 0 spiro atoms. The zero-order valence-electron chi connectivity index (χ0n) is 14.7. The highest BCUT2D eigenvalue weighted by Gasteiger charge is 2.26. The van der Waals surface area contributed by atoms with Crippen LogP contribution in [0.2, 0.25) is 0 Å². The van der Waals surface area contributed by atoms with Gasteiger partial charge in [-0.3, -0.25) is 10.1 Å². The van der Waals surface area contributed by atoms with Crippen LogP contribution in [0, 0.1) is 5.92 Å². The maximum atomic E-state index is 12.4. The van der Waals surface area contributed by atoms with Crippen LogP contribution < -0.4 is 10.6 Å². The van der Waals surface area contributed by atoms with E-state index in [1.807, 2.05) is 19.2 Å². The first-order valence-corrected chi connectivity index (χ1v) is 9.45. The van der Waals surface area contributed by atoms with Crippen LogP contribution in [0.1, 0.15) is 30.6 Å². The lowest BCUT2D eigenvalue weighted by Gasteiger charge is -2.09. The van der Waals surface area contributed by atoms with Gasteiger partial charge in [0, 0.05) is 6.54 Å². The van der Waals surface area contributed by atoms with Crippen LogP contribution in [0.25, 0.3) is 0 Å². The van der Waals surface area contributed by atoms with Gasteiger partial charge in [-0.1, -0.05) is 13.8 Å². The zero-order valence-corrected chi connectivity index (χ0v) is 15.5. The van der Waals surface area contributed by atoms with Crippen LogP contribution in [-0.4, -0.2) is 45.2 Å². The summed E-state index contributed by atoms with van der Waals surface area (Å²) in [7, 11) is -4.77. The minimum atomic E-state index is -4.77. The number of carbonyl (C=O) groups is 3. The molecule has 0 radical (unpaired) electrons. The number of hydrogen-bond donors (Lipinski definition) is 2. The quantitative estimate of drug-likeness (QED) is 0.635. The standard InChI is InChI=1S/C16H20F2N2O6S/c1-10(2)7-8-19-16(23)20-13(21)9-26-14(22)11-3-5-12(6-4-11)27(24,25)15(17)18/h3-6,10,15H,7-9H2,1-2H3,(H2,19,20,21,23). The average Bonchev–Trinajstić information content (AvgIpc) is 2.59. The molecule has 0 aliphatic carbocycles. The number of imide groups is 1. The summed E-state index contributed by atoms with van der Waals surface area (Å²) in [4.78, 5) is 34.1. The van der Waals surface area contributed by atoms with E-state index in [9.17, 15) is 31.6 Å². The van der Waals surface area contributed by atoms with Crippen molar-refractivity contribution < 1.29 is 36.3 Å². The number of halogens is 2. The highest BCUT2D eigenvalue weighted by molar-refractivity contribution is 7.91. The summed E-state index contributed by atoms with van der Waals surface area (Å²) in [6.07, 6.45) is 0.730. The van der Waals surface area contributed by atoms with Crippen molar-refractivity contribution in [2.24, 2.45) is 5.92 Å². The molecule has 3 amide bonds. The Morgan fingerprint density at radius 2 is 1.70 bits per heavy atom. The van der Waals surface area contributed by atoms with Crippen molar-refractivity contribution >= 4 is 27.7 Å². The number of amides is 3. The molecule has 0 unspecified atom stereocenters. The van der Waals surface area contributed by atoms with Gasteiger partial charge < -0.3 is 10.1 Å². The van der Waals surface area contributed by atoms with Crippen molar-refractivity contribution in [3.05, 3.63) is 29.8 Å². The van der Waals surface area contributed by atoms with Gasteiger partial charge in [0.05, 0.1) is 10.5 Å². The molecule has 0 fully saturated rings. The number of ether oxygens (including phenoxy) is 1. The third kappa shape index (κ3) is 7.29. The Bertz CT molecular complexity index is 779. The molecule has 1 aromatic rings. The second-order valence-electron chi connectivity index (χ2n) is 5.89. The predicted molar refractivity (Wildman–Crippen MR) is 90.9 cm³/mol. The van der Waals surface area contributed by atoms with Gasteiger partial charge in [-0.2, -0.15) is 8.78 Å². The number of sulfone groups is 1. The fraction of sp³-hybridized carbons (Fsp3) is 0.438. The van der Waals surface area contributed by atoms with Crippen LogP contribution >= 0.6 is 0 Å². The molecule has 0 aliphatic rings. The minimum Gasteiger partial charge on any atom is -0.452 e. The molecule has 0 saturated heterocycles. The maximum absolute atomic E-state index is 12.4. The smallest absolute Gasteiger partial charge is 0.341 e. The molecule has 11 heteroatoms. The largest absolute Gasteiger partial charge is 0.452 e. The van der Waals surface area contributed by atoms with Gasteiger partial charge in [0.1, 0.15) is 0 Å². The van der Waals surface area contributed by atoms with Gasteiger partial charge in [0.2, 0.25) is 9.84 Å². The number of hydrogen-bond acceptors (Lipinski definition) is 6. The molecule has 0 heterocycles. The van der Waals surface area contributed by atoms with Gasteiger partial charge in [-0.25, -0.2) is 18.0 Å². The van der Waals surface area contributed by atoms with E-state index in [-0.39, 0.29) is 5.56 Å². The van der Waals surface area contributed by atoms with Crippen LogP contribution in [0.5, 0.6) is 0 Å². The highest BCUT2D eigenvalue weighted by Crippen LogP contribution is 2.18. The fourth-order valence-electron chi connectivity index (χ4n) is 1.78. The molecule has 0 atom stereocenters. The highest BCUT2D eigenvalue weighted by atomic mass is 32.2. The van der Waals surface area contributed by atoms with Gasteiger partial charge >= 0.3 is 17.8 Å². The molecule has 150 valence electrons. The van der Waals surface area contributed by atoms with E-state index < -0.39 is 45.0 Å². The first kappa shape index (κ1) is 22.5. The van der Waals surface area contributed by atoms with E-state index >= 15 is 0 Å². The summed E-state index contributed by atoms with van der Waals surface area (Å²) < 4.78 is 52.1. The van der Waals surface area contributed by atoms with Crippen molar-refractivity contribution in [1.29, 1.82) is 0 Å². The Hall–Kier alpha value is -2.56. The van der Waals surface area contributed by atoms with Crippen LogP contribution in [0.15, 0.2) is 29.2 Å². The number of benzene rings is 1. The molecule has 0 bridgehead atoms. The summed E-state index contributed by atoms with van der Waals surface area (Å²) in [6.45, 7) is 3.58. The van der Waals surface area contributed by atoms with E-state index in [1.54, 1.807) is 0 Å². The number of esters is 1. The van der Waals surface area contributed by atoms with Crippen molar-refractivity contribution in [3.63, 3.8) is 0 Å². The molecular formula is C16H20F2N2O6S. The lowest BCUT2D eigenvalue weighted by molar-refractivity contribution is -0.123. The zero-order chi connectivity index (χ0) is 20.6. The summed E-state index contributed by atoms with van der Waals surface area (Å²) in [5.74, 6) is -5.04. The molecule has 1 rings (SSSR count). The summed E-state index contributed by atoms with van der Waals surface area (Å²) in [6, 6.07) is 2.90. The van der Waals surface area contributed by atoms with E-state index in [2.05, 4.69) is 10.1 Å². The Morgan fingerprint density at radius 3 is 2.22 bits per heavy atom. The van der Waals surface area contributed by atoms with Gasteiger partial charge in [0.25, 0.3) is 5.91 Å². The monoisotopic (exact) mass is 406 g/mol. The lowest BCUT2D eigenvalue weighted by Crippen LogP contribution is -2.41. The number of rotatable bonds is 8. The first-order chi connectivity index (χ1) is 12.5. The fourth-order valence-corrected chi connectivity index (χ4v) is 2.50. The Labute approximate surface area is 155 Å². The number of nitrogens with one attached hydrogen (secondary N) is 2. The minimum absolute atomic E-state index is 0.141. The van der Waals surface area contributed by atoms with E-state index in [1.165, 1.54) is 0 Å². The van der Waals surface area contributed by atoms with Gasteiger partial charge in [-0.05, 0) is 36.6 Å². The molecule has 0 aromatic heterocycles. The maximum Gasteiger partial charge on any atom is 0.341 e. The Kier molecular flexibility index (Phi) is 8.29. The first-order valence-electron chi connectivity index (χ1n) is 7.91. The number of alkyl halides is 2. The predicted octanol–water partition coefficient (Wildman–Crippen LogP) is 1.71. The lowest BCUT2D eigenvalue weighted by atomic mass is 10.1. The van der Waals surface area contributed by atoms with E-state index in [0.717, 1.165) is 30.7 Å². The Balaban J connectivity index is 2.50. The van der Waals surface area contributed by atoms with Crippen LogP contribution in [-0.2, 0) is 19.4 Å². The third-order valence-electron chi connectivity index (χ3n) is 3.25. The molecular weight excluding hydrogens is 386 g/mol. The van der Waals surface area contributed by atoms with Gasteiger partial charge in [0.15, 0.2) is 6.61 Å². The second-order valence-corrected chi connectivity index (χ2v) is 7.81. The van der Waals surface area contributed by atoms with E-state index in [4.69, 9.17) is 0 Å². The van der Waals surface area contributed by atoms with E-state index in [0.29, 0.717) is 12.5 Å². The normalized spacial score (nSPS) is 11.3. The molecule has 27 heavy (non-hydrogen) atoms. The van der Waals surface area contributed by atoms with Crippen LogP contribution in [0.3, 0.4) is 0 Å². The topological polar surface area (TPSA) is 119 Å². The molecule has 2 N–H and O–H groups in total. The van der Waals surface area contributed by atoms with Crippen LogP contribution in [0.4, 0.5) is 13.6 Å². The summed E-state index contributed by atoms with van der Waals surface area (Å²) in [5, 5.41) is 4.44. The average molecular weight is 406 g/mol. The molecule has 8 nitrogen and oxygen atoms in total. The Morgan fingerprint density at radius 1 is 1.11 bits per heavy atom. The second kappa shape index (κ2) is 9.95. The summed E-state index contributed by atoms with van der Waals surface area (Å²) >= 11 is 0. The van der Waals surface area contributed by atoms with Crippen molar-refractivity contribution in [1.82, 2.24) is 10.6 Å². The van der Waals surface area contributed by atoms with Gasteiger partial charge in [-0.15, -0.1) is 0 Å². The SMILES string of the molecule is CC(C)CCNC(=O)NC(=O)COC(=O)c1ccc(S(=O)(=O)C(F)F)cc1. The molecule has 1 aromatic carbocycles. The molecule has 0 saturated carbocycles. The van der Waals surface area contributed by atoms with Crippen molar-refractivity contribution in [2.45, 2.75) is 30.9 Å². The summed E-state index contributed by atoms with van der Waals surface area (Å²) in [5.41, 5.74) is -0.141. The van der Waals surface area contributed by atoms with Crippen molar-refractivity contribution in [3.8, 4) is 0 Å². The van der Waals surface area contributed by atoms with Crippen molar-refractivity contribution in [2.75, 3.05) is 13.2 Å².